The highest BCUT2D eigenvalue weighted by Crippen LogP contribution is 2.27. The average Bonchev–Trinajstić information content (AvgIpc) is 2.88. The van der Waals surface area contributed by atoms with Crippen molar-refractivity contribution in [2.24, 2.45) is 0 Å². The quantitative estimate of drug-likeness (QED) is 0.846. The van der Waals surface area contributed by atoms with E-state index in [0.717, 1.165) is 6.42 Å². The fourth-order valence-electron chi connectivity index (χ4n) is 2.59. The number of rotatable bonds is 4. The molecule has 90 valence electrons. The molecule has 2 rings (SSSR count). The minimum Gasteiger partial charge on any atom is -0.311 e. The second-order valence-electron chi connectivity index (χ2n) is 5.26. The summed E-state index contributed by atoms with van der Waals surface area (Å²) in [6.45, 7) is 7.79. The van der Waals surface area contributed by atoms with Crippen molar-refractivity contribution in [2.45, 2.75) is 58.0 Å². The molecule has 1 unspecified atom stereocenters. The molecule has 1 saturated heterocycles. The molecule has 16 heavy (non-hydrogen) atoms. The van der Waals surface area contributed by atoms with Crippen molar-refractivity contribution in [3.8, 4) is 0 Å². The van der Waals surface area contributed by atoms with Gasteiger partial charge in [-0.15, -0.1) is 0 Å². The number of hydrogen-bond donors (Lipinski definition) is 1. The summed E-state index contributed by atoms with van der Waals surface area (Å²) in [7, 11) is 0. The molecule has 0 saturated carbocycles. The van der Waals surface area contributed by atoms with E-state index < -0.39 is 0 Å². The smallest absolute Gasteiger partial charge is 0.0522 e. The van der Waals surface area contributed by atoms with Crippen molar-refractivity contribution in [1.82, 2.24) is 15.1 Å². The van der Waals surface area contributed by atoms with Gasteiger partial charge in [-0.3, -0.25) is 4.68 Å². The van der Waals surface area contributed by atoms with Crippen LogP contribution in [0.4, 0.5) is 0 Å². The van der Waals surface area contributed by atoms with Crippen molar-refractivity contribution in [3.63, 3.8) is 0 Å². The van der Waals surface area contributed by atoms with Gasteiger partial charge in [-0.2, -0.15) is 5.10 Å². The fraction of sp³-hybridized carbons (Fsp3) is 0.769. The molecule has 1 fully saturated rings. The first-order valence-electron chi connectivity index (χ1n) is 6.43. The van der Waals surface area contributed by atoms with E-state index in [4.69, 9.17) is 0 Å². The molecule has 1 aromatic rings. The summed E-state index contributed by atoms with van der Waals surface area (Å²) in [6, 6.07) is 0.461. The lowest BCUT2D eigenvalue weighted by molar-refractivity contribution is 0.359. The largest absolute Gasteiger partial charge is 0.311 e. The van der Waals surface area contributed by atoms with Gasteiger partial charge >= 0.3 is 0 Å². The Morgan fingerprint density at radius 2 is 2.38 bits per heavy atom. The normalized spacial score (nSPS) is 25.5. The molecule has 1 aliphatic rings. The van der Waals surface area contributed by atoms with E-state index in [0.29, 0.717) is 11.6 Å². The molecule has 0 radical (unpaired) electrons. The van der Waals surface area contributed by atoms with Crippen LogP contribution in [0, 0.1) is 0 Å². The van der Waals surface area contributed by atoms with Crippen LogP contribution in [-0.2, 0) is 6.42 Å². The fourth-order valence-corrected chi connectivity index (χ4v) is 2.59. The van der Waals surface area contributed by atoms with Gasteiger partial charge in [-0.25, -0.2) is 0 Å². The lowest BCUT2D eigenvalue weighted by Crippen LogP contribution is -2.41. The van der Waals surface area contributed by atoms with Crippen LogP contribution in [0.1, 0.15) is 51.6 Å². The third kappa shape index (κ3) is 2.29. The van der Waals surface area contributed by atoms with Gasteiger partial charge in [0.1, 0.15) is 0 Å². The minimum atomic E-state index is 0.338. The van der Waals surface area contributed by atoms with Crippen molar-refractivity contribution < 1.29 is 0 Å². The maximum atomic E-state index is 4.41. The molecule has 3 nitrogen and oxygen atoms in total. The number of aromatic nitrogens is 2. The van der Waals surface area contributed by atoms with E-state index in [1.807, 2.05) is 10.9 Å². The Hall–Kier alpha value is -0.830. The van der Waals surface area contributed by atoms with Gasteiger partial charge < -0.3 is 5.32 Å². The molecule has 2 heterocycles. The van der Waals surface area contributed by atoms with E-state index in [1.54, 1.807) is 0 Å². The molecule has 0 aromatic carbocycles. The summed E-state index contributed by atoms with van der Waals surface area (Å²) < 4.78 is 2.05. The Morgan fingerprint density at radius 3 is 2.88 bits per heavy atom. The third-order valence-corrected chi connectivity index (χ3v) is 3.74. The van der Waals surface area contributed by atoms with Crippen LogP contribution < -0.4 is 5.32 Å². The zero-order valence-corrected chi connectivity index (χ0v) is 10.7. The molecule has 0 aliphatic carbocycles. The Labute approximate surface area is 98.2 Å². The summed E-state index contributed by atoms with van der Waals surface area (Å²) in [4.78, 5) is 0. The molecule has 1 N–H and O–H groups in total. The third-order valence-electron chi connectivity index (χ3n) is 3.74. The molecule has 0 amide bonds. The second-order valence-corrected chi connectivity index (χ2v) is 5.26. The summed E-state index contributed by atoms with van der Waals surface area (Å²) >= 11 is 0. The van der Waals surface area contributed by atoms with Crippen LogP contribution >= 0.6 is 0 Å². The van der Waals surface area contributed by atoms with Crippen molar-refractivity contribution >= 4 is 0 Å². The first-order valence-corrected chi connectivity index (χ1v) is 6.43. The summed E-state index contributed by atoms with van der Waals surface area (Å²) in [6.07, 6.45) is 9.16. The van der Waals surface area contributed by atoms with E-state index >= 15 is 0 Å². The molecule has 3 heteroatoms. The number of nitrogens with one attached hydrogen (secondary N) is 1. The van der Waals surface area contributed by atoms with Gasteiger partial charge in [-0.05, 0) is 51.6 Å². The van der Waals surface area contributed by atoms with Crippen LogP contribution in [-0.4, -0.2) is 21.9 Å². The molecule has 1 aliphatic heterocycles. The molecule has 1 atom stereocenters. The maximum absolute atomic E-state index is 4.41. The van der Waals surface area contributed by atoms with Crippen LogP contribution in [0.25, 0.3) is 0 Å². The summed E-state index contributed by atoms with van der Waals surface area (Å²) in [5.74, 6) is 0. The Morgan fingerprint density at radius 1 is 1.56 bits per heavy atom. The second kappa shape index (κ2) is 4.58. The van der Waals surface area contributed by atoms with Crippen molar-refractivity contribution in [2.75, 3.05) is 6.54 Å². The highest BCUT2D eigenvalue weighted by atomic mass is 15.3. The molecule has 0 bridgehead atoms. The van der Waals surface area contributed by atoms with Crippen molar-refractivity contribution in [3.05, 3.63) is 18.0 Å². The summed E-state index contributed by atoms with van der Waals surface area (Å²) in [5.41, 5.74) is 1.70. The average molecular weight is 221 g/mol. The lowest BCUT2D eigenvalue weighted by Gasteiger charge is -2.27. The Bertz CT molecular complexity index is 335. The SMILES string of the molecule is CCC1(Cc2cnn(C(C)C)c2)CCCN1. The number of hydrogen-bond acceptors (Lipinski definition) is 2. The van der Waals surface area contributed by atoms with Gasteiger partial charge in [0.05, 0.1) is 6.20 Å². The van der Waals surface area contributed by atoms with Crippen LogP contribution in [0.2, 0.25) is 0 Å². The van der Waals surface area contributed by atoms with E-state index in [-0.39, 0.29) is 0 Å². The standard InChI is InChI=1S/C13H23N3/c1-4-13(6-5-7-14-13)8-12-9-15-16(10-12)11(2)3/h9-11,14H,4-8H2,1-3H3. The lowest BCUT2D eigenvalue weighted by atomic mass is 9.88. The van der Waals surface area contributed by atoms with Gasteiger partial charge in [0, 0.05) is 17.8 Å². The predicted octanol–water partition coefficient (Wildman–Crippen LogP) is 2.54. The maximum Gasteiger partial charge on any atom is 0.0522 e. The van der Waals surface area contributed by atoms with E-state index in [9.17, 15) is 0 Å². The molecule has 1 aromatic heterocycles. The molecule has 0 spiro atoms. The predicted molar refractivity (Wildman–Crippen MR) is 66.6 cm³/mol. The van der Waals surface area contributed by atoms with Gasteiger partial charge in [0.2, 0.25) is 0 Å². The first kappa shape index (κ1) is 11.6. The van der Waals surface area contributed by atoms with Crippen LogP contribution in [0.5, 0.6) is 0 Å². The Kier molecular flexibility index (Phi) is 3.33. The van der Waals surface area contributed by atoms with Gasteiger partial charge in [-0.1, -0.05) is 6.92 Å². The van der Waals surface area contributed by atoms with Crippen molar-refractivity contribution in [1.29, 1.82) is 0 Å². The van der Waals surface area contributed by atoms with Crippen LogP contribution in [0.3, 0.4) is 0 Å². The summed E-state index contributed by atoms with van der Waals surface area (Å²) in [5, 5.41) is 8.08. The van der Waals surface area contributed by atoms with Gasteiger partial charge in [0.15, 0.2) is 0 Å². The zero-order valence-electron chi connectivity index (χ0n) is 10.7. The number of nitrogens with zero attached hydrogens (tertiary/aromatic N) is 2. The van der Waals surface area contributed by atoms with Crippen LogP contribution in [0.15, 0.2) is 12.4 Å². The minimum absolute atomic E-state index is 0.338. The van der Waals surface area contributed by atoms with Gasteiger partial charge in [0.25, 0.3) is 0 Å². The molecular weight excluding hydrogens is 198 g/mol. The van der Waals surface area contributed by atoms with E-state index in [1.165, 1.54) is 31.4 Å². The zero-order chi connectivity index (χ0) is 11.6. The topological polar surface area (TPSA) is 29.9 Å². The Balaban J connectivity index is 2.07. The monoisotopic (exact) mass is 221 g/mol. The van der Waals surface area contributed by atoms with E-state index in [2.05, 4.69) is 37.4 Å². The highest BCUT2D eigenvalue weighted by Gasteiger charge is 2.31. The molecular formula is C13H23N3. The first-order chi connectivity index (χ1) is 7.65. The highest BCUT2D eigenvalue weighted by molar-refractivity contribution is 5.11.